The first-order chi connectivity index (χ1) is 12.6. The second kappa shape index (κ2) is 8.63. The molecule has 1 aliphatic heterocycles. The van der Waals surface area contributed by atoms with E-state index in [0.717, 1.165) is 11.1 Å². The summed E-state index contributed by atoms with van der Waals surface area (Å²) in [6, 6.07) is 18.8. The molecule has 0 saturated carbocycles. The van der Waals surface area contributed by atoms with Crippen molar-refractivity contribution in [3.8, 4) is 0 Å². The first-order valence-electron chi connectivity index (χ1n) is 8.92. The summed E-state index contributed by atoms with van der Waals surface area (Å²) >= 11 is 0. The predicted molar refractivity (Wildman–Crippen MR) is 99.5 cm³/mol. The minimum Gasteiger partial charge on any atom is -0.370 e. The Bertz CT molecular complexity index is 733. The number of carbonyl (C=O) groups excluding carboxylic acids is 2. The molecule has 0 aromatic heterocycles. The highest BCUT2D eigenvalue weighted by molar-refractivity contribution is 5.88. The van der Waals surface area contributed by atoms with Crippen molar-refractivity contribution < 1.29 is 14.3 Å². The Morgan fingerprint density at radius 1 is 1.12 bits per heavy atom. The molecule has 2 aromatic carbocycles. The van der Waals surface area contributed by atoms with Gasteiger partial charge in [-0.1, -0.05) is 60.7 Å². The number of hydrogen-bond donors (Lipinski definition) is 1. The molecule has 1 unspecified atom stereocenters. The summed E-state index contributed by atoms with van der Waals surface area (Å²) in [5, 5.41) is 2.81. The summed E-state index contributed by atoms with van der Waals surface area (Å²) in [6.45, 7) is 3.27. The fourth-order valence-electron chi connectivity index (χ4n) is 3.13. The van der Waals surface area contributed by atoms with E-state index in [1.807, 2.05) is 60.7 Å². The number of benzene rings is 2. The summed E-state index contributed by atoms with van der Waals surface area (Å²) in [4.78, 5) is 26.7. The smallest absolute Gasteiger partial charge is 0.245 e. The minimum atomic E-state index is -0.555. The van der Waals surface area contributed by atoms with Gasteiger partial charge in [0.2, 0.25) is 11.8 Å². The number of hydrogen-bond acceptors (Lipinski definition) is 3. The molecule has 0 bridgehead atoms. The fraction of sp³-hybridized carbons (Fsp3) is 0.333. The van der Waals surface area contributed by atoms with Crippen molar-refractivity contribution in [2.24, 2.45) is 0 Å². The zero-order valence-electron chi connectivity index (χ0n) is 14.9. The van der Waals surface area contributed by atoms with Crippen LogP contribution in [0.15, 0.2) is 60.7 Å². The number of amides is 2. The second-order valence-corrected chi connectivity index (χ2v) is 6.51. The summed E-state index contributed by atoms with van der Waals surface area (Å²) in [5.41, 5.74) is 1.99. The normalized spacial score (nSPS) is 18.2. The molecule has 2 amide bonds. The first-order valence-corrected chi connectivity index (χ1v) is 8.92. The molecule has 5 nitrogen and oxygen atoms in total. The fourth-order valence-corrected chi connectivity index (χ4v) is 3.13. The van der Waals surface area contributed by atoms with Crippen LogP contribution in [0.4, 0.5) is 0 Å². The second-order valence-electron chi connectivity index (χ2n) is 6.51. The molecule has 0 spiro atoms. The first kappa shape index (κ1) is 18.1. The van der Waals surface area contributed by atoms with Crippen molar-refractivity contribution >= 4 is 11.8 Å². The Morgan fingerprint density at radius 2 is 1.77 bits per heavy atom. The molecule has 1 saturated heterocycles. The molecule has 1 aliphatic rings. The van der Waals surface area contributed by atoms with E-state index in [-0.39, 0.29) is 24.3 Å². The standard InChI is InChI=1S/C21H24N2O3/c1-16(22-20(24)14-17-8-4-2-5-9-17)21(25)23-12-13-26-19(15-23)18-10-6-3-7-11-18/h2-11,16,19H,12-15H2,1H3,(H,22,24)/t16-,19?/m0/s1. The van der Waals surface area contributed by atoms with Gasteiger partial charge in [0.25, 0.3) is 0 Å². The van der Waals surface area contributed by atoms with Gasteiger partial charge in [-0.2, -0.15) is 0 Å². The maximum atomic E-state index is 12.7. The lowest BCUT2D eigenvalue weighted by molar-refractivity contribution is -0.142. The number of carbonyl (C=O) groups is 2. The van der Waals surface area contributed by atoms with Gasteiger partial charge in [-0.05, 0) is 18.1 Å². The molecule has 26 heavy (non-hydrogen) atoms. The third-order valence-electron chi connectivity index (χ3n) is 4.50. The van der Waals surface area contributed by atoms with E-state index in [4.69, 9.17) is 4.74 Å². The molecule has 3 rings (SSSR count). The van der Waals surface area contributed by atoms with Gasteiger partial charge in [0.05, 0.1) is 19.6 Å². The maximum absolute atomic E-state index is 12.7. The molecule has 2 atom stereocenters. The van der Waals surface area contributed by atoms with Crippen molar-refractivity contribution in [2.75, 3.05) is 19.7 Å². The van der Waals surface area contributed by atoms with Gasteiger partial charge in [-0.15, -0.1) is 0 Å². The van der Waals surface area contributed by atoms with E-state index in [0.29, 0.717) is 19.7 Å². The topological polar surface area (TPSA) is 58.6 Å². The van der Waals surface area contributed by atoms with Crippen LogP contribution >= 0.6 is 0 Å². The van der Waals surface area contributed by atoms with Crippen molar-refractivity contribution in [1.29, 1.82) is 0 Å². The summed E-state index contributed by atoms with van der Waals surface area (Å²) < 4.78 is 5.80. The molecule has 0 radical (unpaired) electrons. The number of morpholine rings is 1. The summed E-state index contributed by atoms with van der Waals surface area (Å²) in [6.07, 6.45) is 0.148. The van der Waals surface area contributed by atoms with Crippen LogP contribution in [-0.4, -0.2) is 42.5 Å². The van der Waals surface area contributed by atoms with Gasteiger partial charge < -0.3 is 15.0 Å². The van der Waals surface area contributed by atoms with E-state index < -0.39 is 6.04 Å². The molecule has 5 heteroatoms. The minimum absolute atomic E-state index is 0.0735. The number of ether oxygens (including phenoxy) is 1. The van der Waals surface area contributed by atoms with Gasteiger partial charge in [-0.25, -0.2) is 0 Å². The Labute approximate surface area is 154 Å². The number of rotatable bonds is 5. The van der Waals surface area contributed by atoms with E-state index in [9.17, 15) is 9.59 Å². The van der Waals surface area contributed by atoms with E-state index in [2.05, 4.69) is 5.32 Å². The average Bonchev–Trinajstić information content (AvgIpc) is 2.69. The SMILES string of the molecule is C[C@H](NC(=O)Cc1ccccc1)C(=O)N1CCOC(c2ccccc2)C1. The summed E-state index contributed by atoms with van der Waals surface area (Å²) in [7, 11) is 0. The van der Waals surface area contributed by atoms with Crippen LogP contribution in [0.1, 0.15) is 24.2 Å². The van der Waals surface area contributed by atoms with Gasteiger partial charge in [0.1, 0.15) is 12.1 Å². The molecule has 1 heterocycles. The Hall–Kier alpha value is -2.66. The summed E-state index contributed by atoms with van der Waals surface area (Å²) in [5.74, 6) is -0.222. The van der Waals surface area contributed by atoms with Gasteiger partial charge >= 0.3 is 0 Å². The molecule has 0 aliphatic carbocycles. The Morgan fingerprint density at radius 3 is 2.46 bits per heavy atom. The third kappa shape index (κ3) is 4.70. The highest BCUT2D eigenvalue weighted by Gasteiger charge is 2.28. The van der Waals surface area contributed by atoms with Gasteiger partial charge in [0.15, 0.2) is 0 Å². The third-order valence-corrected chi connectivity index (χ3v) is 4.50. The highest BCUT2D eigenvalue weighted by Crippen LogP contribution is 2.22. The van der Waals surface area contributed by atoms with Crippen LogP contribution in [0, 0.1) is 0 Å². The van der Waals surface area contributed by atoms with Crippen LogP contribution in [0.2, 0.25) is 0 Å². The molecule has 1 fully saturated rings. The highest BCUT2D eigenvalue weighted by atomic mass is 16.5. The lowest BCUT2D eigenvalue weighted by Crippen LogP contribution is -2.51. The quantitative estimate of drug-likeness (QED) is 0.899. The number of nitrogens with one attached hydrogen (secondary N) is 1. The van der Waals surface area contributed by atoms with Gasteiger partial charge in [-0.3, -0.25) is 9.59 Å². The Balaban J connectivity index is 1.55. The zero-order valence-corrected chi connectivity index (χ0v) is 14.9. The van der Waals surface area contributed by atoms with Crippen LogP contribution in [0.3, 0.4) is 0 Å². The number of nitrogens with zero attached hydrogens (tertiary/aromatic N) is 1. The van der Waals surface area contributed by atoms with E-state index in [1.54, 1.807) is 11.8 Å². The Kier molecular flexibility index (Phi) is 6.02. The predicted octanol–water partition coefficient (Wildman–Crippen LogP) is 2.33. The van der Waals surface area contributed by atoms with Crippen molar-refractivity contribution in [3.05, 3.63) is 71.8 Å². The van der Waals surface area contributed by atoms with Crippen LogP contribution < -0.4 is 5.32 Å². The largest absolute Gasteiger partial charge is 0.370 e. The monoisotopic (exact) mass is 352 g/mol. The van der Waals surface area contributed by atoms with Gasteiger partial charge in [0, 0.05) is 6.54 Å². The molecule has 136 valence electrons. The van der Waals surface area contributed by atoms with Crippen LogP contribution in [-0.2, 0) is 20.7 Å². The van der Waals surface area contributed by atoms with Crippen molar-refractivity contribution in [1.82, 2.24) is 10.2 Å². The lowest BCUT2D eigenvalue weighted by atomic mass is 10.1. The van der Waals surface area contributed by atoms with Crippen molar-refractivity contribution in [2.45, 2.75) is 25.5 Å². The van der Waals surface area contributed by atoms with Crippen molar-refractivity contribution in [3.63, 3.8) is 0 Å². The molecule has 1 N–H and O–H groups in total. The van der Waals surface area contributed by atoms with Crippen LogP contribution in [0.5, 0.6) is 0 Å². The van der Waals surface area contributed by atoms with E-state index >= 15 is 0 Å². The average molecular weight is 352 g/mol. The van der Waals surface area contributed by atoms with Crippen LogP contribution in [0.25, 0.3) is 0 Å². The molecular formula is C21H24N2O3. The molecule has 2 aromatic rings. The lowest BCUT2D eigenvalue weighted by Gasteiger charge is -2.34. The molecular weight excluding hydrogens is 328 g/mol. The van der Waals surface area contributed by atoms with E-state index in [1.165, 1.54) is 0 Å². The maximum Gasteiger partial charge on any atom is 0.245 e. The zero-order chi connectivity index (χ0) is 18.4.